The lowest BCUT2D eigenvalue weighted by Gasteiger charge is -2.21. The molecule has 0 saturated carbocycles. The SMILES string of the molecule is CCCCC#CCCOC(CCCCC(=O)OCCCCN(CCO)CCCCOC(=O)CCCCC(OCCC#CCCCC)OCCC#CCCCC)OCCC#CCCCC. The van der Waals surface area contributed by atoms with Crippen LogP contribution in [0, 0.1) is 47.4 Å². The van der Waals surface area contributed by atoms with Gasteiger partial charge in [-0.25, -0.2) is 0 Å². The molecule has 10 heteroatoms. The van der Waals surface area contributed by atoms with Crippen molar-refractivity contribution in [3.05, 3.63) is 0 Å². The van der Waals surface area contributed by atoms with Crippen LogP contribution in [0.3, 0.4) is 0 Å². The van der Waals surface area contributed by atoms with E-state index in [2.05, 4.69) is 80.0 Å². The zero-order valence-electron chi connectivity index (χ0n) is 41.2. The van der Waals surface area contributed by atoms with Crippen LogP contribution < -0.4 is 0 Å². The van der Waals surface area contributed by atoms with E-state index in [1.807, 2.05) is 0 Å². The van der Waals surface area contributed by atoms with Gasteiger partial charge in [0.1, 0.15) is 0 Å². The molecule has 0 aliphatic heterocycles. The number of aliphatic hydroxyl groups excluding tert-OH is 1. The van der Waals surface area contributed by atoms with Gasteiger partial charge in [0, 0.05) is 70.8 Å². The number of carbonyl (C=O) groups excluding carboxylic acids is 2. The number of carbonyl (C=O) groups is 2. The molecule has 0 rings (SSSR count). The average Bonchev–Trinajstić information content (AvgIpc) is 3.29. The maximum Gasteiger partial charge on any atom is 0.305 e. The van der Waals surface area contributed by atoms with E-state index < -0.39 is 0 Å². The summed E-state index contributed by atoms with van der Waals surface area (Å²) in [5, 5.41) is 9.59. The standard InChI is InChI=1S/C54H91NO9/c1-5-9-13-17-21-31-47-61-53(62-48-32-22-18-14-10-6-2)39-27-25-37-51(57)59-45-35-29-41-55(43-44-56)42-30-36-46-60-52(58)38-26-28-40-54(63-49-33-23-19-15-11-7-3)64-50-34-24-20-16-12-8-4/h53-54,56H,5-16,25-50H2,1-4H3. The molecule has 0 bridgehead atoms. The lowest BCUT2D eigenvalue weighted by Crippen LogP contribution is -2.29. The van der Waals surface area contributed by atoms with Gasteiger partial charge in [-0.15, -0.1) is 47.4 Å². The number of esters is 2. The molecule has 0 heterocycles. The highest BCUT2D eigenvalue weighted by molar-refractivity contribution is 5.69. The van der Waals surface area contributed by atoms with Crippen molar-refractivity contribution in [3.63, 3.8) is 0 Å². The fourth-order valence-corrected chi connectivity index (χ4v) is 6.19. The van der Waals surface area contributed by atoms with Crippen LogP contribution in [0.4, 0.5) is 0 Å². The van der Waals surface area contributed by atoms with Crippen LogP contribution in [0.2, 0.25) is 0 Å². The van der Waals surface area contributed by atoms with E-state index in [0.717, 1.165) is 129 Å². The quantitative estimate of drug-likeness (QED) is 0.0275. The average molecular weight is 898 g/mol. The molecule has 0 fully saturated rings. The molecule has 0 saturated heterocycles. The van der Waals surface area contributed by atoms with E-state index in [9.17, 15) is 14.7 Å². The van der Waals surface area contributed by atoms with Crippen molar-refractivity contribution in [3.8, 4) is 47.4 Å². The first-order chi connectivity index (χ1) is 31.5. The first-order valence-corrected chi connectivity index (χ1v) is 25.4. The molecule has 0 spiro atoms. The van der Waals surface area contributed by atoms with E-state index in [4.69, 9.17) is 28.4 Å². The number of unbranched alkanes of at least 4 members (excludes halogenated alkanes) is 12. The van der Waals surface area contributed by atoms with Gasteiger partial charge < -0.3 is 38.4 Å². The van der Waals surface area contributed by atoms with Gasteiger partial charge >= 0.3 is 11.9 Å². The van der Waals surface area contributed by atoms with Gasteiger partial charge in [-0.3, -0.25) is 9.59 Å². The second kappa shape index (κ2) is 50.9. The van der Waals surface area contributed by atoms with Gasteiger partial charge in [-0.1, -0.05) is 53.4 Å². The molecule has 10 nitrogen and oxygen atoms in total. The highest BCUT2D eigenvalue weighted by Gasteiger charge is 2.13. The minimum Gasteiger partial charge on any atom is -0.466 e. The minimum absolute atomic E-state index is 0.0818. The Kier molecular flexibility index (Phi) is 48.5. The summed E-state index contributed by atoms with van der Waals surface area (Å²) in [6.45, 7) is 13.8. The summed E-state index contributed by atoms with van der Waals surface area (Å²) >= 11 is 0. The highest BCUT2D eigenvalue weighted by Crippen LogP contribution is 2.13. The van der Waals surface area contributed by atoms with Crippen LogP contribution in [0.1, 0.15) is 207 Å². The molecule has 0 radical (unpaired) electrons. The van der Waals surface area contributed by atoms with Gasteiger partial charge in [-0.05, 0) is 103 Å². The van der Waals surface area contributed by atoms with Gasteiger partial charge in [0.25, 0.3) is 0 Å². The molecule has 0 amide bonds. The molecule has 0 unspecified atom stereocenters. The van der Waals surface area contributed by atoms with Crippen molar-refractivity contribution in [2.75, 3.05) is 65.9 Å². The number of rotatable bonds is 42. The lowest BCUT2D eigenvalue weighted by molar-refractivity contribution is -0.147. The number of hydrogen-bond donors (Lipinski definition) is 1. The minimum atomic E-state index is -0.323. The van der Waals surface area contributed by atoms with Crippen LogP contribution in [0.5, 0.6) is 0 Å². The predicted octanol–water partition coefficient (Wildman–Crippen LogP) is 11.1. The van der Waals surface area contributed by atoms with Crippen LogP contribution in [-0.4, -0.2) is 100 Å². The highest BCUT2D eigenvalue weighted by atomic mass is 16.7. The van der Waals surface area contributed by atoms with Crippen LogP contribution in [0.15, 0.2) is 0 Å². The van der Waals surface area contributed by atoms with Gasteiger partial charge in [0.05, 0.1) is 46.2 Å². The normalized spacial score (nSPS) is 10.8. The van der Waals surface area contributed by atoms with Gasteiger partial charge in [0.15, 0.2) is 12.6 Å². The fraction of sp³-hybridized carbons (Fsp3) is 0.815. The molecule has 0 aliphatic carbocycles. The predicted molar refractivity (Wildman–Crippen MR) is 260 cm³/mol. The van der Waals surface area contributed by atoms with E-state index in [0.29, 0.717) is 110 Å². The molecular weight excluding hydrogens is 807 g/mol. The molecule has 0 aromatic rings. The van der Waals surface area contributed by atoms with E-state index in [1.165, 1.54) is 0 Å². The Bertz CT molecular complexity index is 1160. The number of ether oxygens (including phenoxy) is 6. The number of aliphatic hydroxyl groups is 1. The Morgan fingerprint density at radius 2 is 0.734 bits per heavy atom. The fourth-order valence-electron chi connectivity index (χ4n) is 6.19. The maximum absolute atomic E-state index is 12.4. The number of nitrogens with zero attached hydrogens (tertiary/aromatic N) is 1. The van der Waals surface area contributed by atoms with Crippen molar-refractivity contribution in [1.82, 2.24) is 4.90 Å². The third-order valence-corrected chi connectivity index (χ3v) is 10.1. The maximum atomic E-state index is 12.4. The van der Waals surface area contributed by atoms with Crippen molar-refractivity contribution < 1.29 is 43.1 Å². The van der Waals surface area contributed by atoms with Crippen molar-refractivity contribution in [2.24, 2.45) is 0 Å². The summed E-state index contributed by atoms with van der Waals surface area (Å²) in [6.07, 6.45) is 23.3. The Labute approximate surface area is 392 Å². The topological polar surface area (TPSA) is 113 Å². The molecule has 0 aromatic heterocycles. The van der Waals surface area contributed by atoms with E-state index in [-0.39, 0.29) is 31.1 Å². The van der Waals surface area contributed by atoms with Crippen molar-refractivity contribution in [1.29, 1.82) is 0 Å². The van der Waals surface area contributed by atoms with E-state index in [1.54, 1.807) is 0 Å². The van der Waals surface area contributed by atoms with Crippen LogP contribution in [-0.2, 0) is 38.0 Å². The largest absolute Gasteiger partial charge is 0.466 e. The summed E-state index contributed by atoms with van der Waals surface area (Å²) in [4.78, 5) is 27.0. The molecule has 64 heavy (non-hydrogen) atoms. The van der Waals surface area contributed by atoms with Gasteiger partial charge in [-0.2, -0.15) is 0 Å². The first kappa shape index (κ1) is 60.9. The van der Waals surface area contributed by atoms with Crippen LogP contribution in [0.25, 0.3) is 0 Å². The van der Waals surface area contributed by atoms with Gasteiger partial charge in [0.2, 0.25) is 0 Å². The third kappa shape index (κ3) is 45.5. The van der Waals surface area contributed by atoms with Crippen LogP contribution >= 0.6 is 0 Å². The molecular formula is C54H91NO9. The van der Waals surface area contributed by atoms with E-state index >= 15 is 0 Å². The first-order valence-electron chi connectivity index (χ1n) is 25.4. The zero-order chi connectivity index (χ0) is 46.7. The monoisotopic (exact) mass is 898 g/mol. The zero-order valence-corrected chi connectivity index (χ0v) is 41.2. The summed E-state index contributed by atoms with van der Waals surface area (Å²) in [7, 11) is 0. The van der Waals surface area contributed by atoms with Crippen molar-refractivity contribution >= 4 is 11.9 Å². The summed E-state index contributed by atoms with van der Waals surface area (Å²) < 4.78 is 35.0. The molecule has 1 N–H and O–H groups in total. The molecule has 366 valence electrons. The smallest absolute Gasteiger partial charge is 0.305 e. The number of hydrogen-bond acceptors (Lipinski definition) is 10. The Balaban J connectivity index is 4.31. The summed E-state index contributed by atoms with van der Waals surface area (Å²) in [5.41, 5.74) is 0. The summed E-state index contributed by atoms with van der Waals surface area (Å²) in [6, 6.07) is 0. The Hall–Kier alpha value is -3.06. The second-order valence-corrected chi connectivity index (χ2v) is 16.1. The molecule has 0 aromatic carbocycles. The Morgan fingerprint density at radius 1 is 0.406 bits per heavy atom. The van der Waals surface area contributed by atoms with Crippen molar-refractivity contribution in [2.45, 2.75) is 220 Å². The summed E-state index contributed by atoms with van der Waals surface area (Å²) in [5.74, 6) is 25.2. The third-order valence-electron chi connectivity index (χ3n) is 10.1. The Morgan fingerprint density at radius 3 is 1.05 bits per heavy atom. The molecule has 0 aliphatic rings. The molecule has 0 atom stereocenters. The lowest BCUT2D eigenvalue weighted by atomic mass is 10.2. The second-order valence-electron chi connectivity index (χ2n) is 16.1.